The number of carbonyl (C=O) groups is 1. The summed E-state index contributed by atoms with van der Waals surface area (Å²) in [6.45, 7) is 7.86. The zero-order chi connectivity index (χ0) is 19.6. The van der Waals surface area contributed by atoms with Gasteiger partial charge < -0.3 is 19.8 Å². The highest BCUT2D eigenvalue weighted by Gasteiger charge is 2.12. The van der Waals surface area contributed by atoms with Crippen molar-refractivity contribution in [3.63, 3.8) is 0 Å². The standard InChI is InChI=1S/C19H22N4O4/c1-4-10-20-17(24)9-7-14-19(25)21-18(23-22-14)13-6-8-15(27-11-5-2)16(12-13)26-3/h4-6,8,12H,1-2,7,9-11H2,3H3,(H,20,24)(H,21,23,25). The van der Waals surface area contributed by atoms with E-state index in [4.69, 9.17) is 9.47 Å². The van der Waals surface area contributed by atoms with Crippen molar-refractivity contribution in [1.82, 2.24) is 20.5 Å². The lowest BCUT2D eigenvalue weighted by molar-refractivity contribution is -0.120. The van der Waals surface area contributed by atoms with Gasteiger partial charge in [-0.2, -0.15) is 0 Å². The molecule has 0 atom stereocenters. The largest absolute Gasteiger partial charge is 0.493 e. The van der Waals surface area contributed by atoms with E-state index in [0.29, 0.717) is 36.0 Å². The third-order valence-corrected chi connectivity index (χ3v) is 3.59. The van der Waals surface area contributed by atoms with E-state index in [-0.39, 0.29) is 30.0 Å². The Morgan fingerprint density at radius 1 is 1.26 bits per heavy atom. The van der Waals surface area contributed by atoms with E-state index in [1.54, 1.807) is 30.4 Å². The fourth-order valence-corrected chi connectivity index (χ4v) is 2.24. The minimum Gasteiger partial charge on any atom is -0.493 e. The van der Waals surface area contributed by atoms with Crippen LogP contribution in [0, 0.1) is 0 Å². The van der Waals surface area contributed by atoms with Gasteiger partial charge in [0.2, 0.25) is 5.91 Å². The highest BCUT2D eigenvalue weighted by Crippen LogP contribution is 2.31. The maximum Gasteiger partial charge on any atom is 0.273 e. The molecule has 0 unspecified atom stereocenters. The molecule has 1 aromatic heterocycles. The van der Waals surface area contributed by atoms with E-state index < -0.39 is 0 Å². The third-order valence-electron chi connectivity index (χ3n) is 3.59. The molecule has 8 heteroatoms. The molecule has 0 saturated heterocycles. The Balaban J connectivity index is 2.14. The van der Waals surface area contributed by atoms with E-state index in [1.807, 2.05) is 0 Å². The molecule has 27 heavy (non-hydrogen) atoms. The predicted molar refractivity (Wildman–Crippen MR) is 102 cm³/mol. The van der Waals surface area contributed by atoms with Gasteiger partial charge in [0.1, 0.15) is 12.3 Å². The van der Waals surface area contributed by atoms with Crippen molar-refractivity contribution in [3.05, 3.63) is 59.6 Å². The second-order valence-electron chi connectivity index (χ2n) is 5.51. The molecule has 1 aromatic carbocycles. The van der Waals surface area contributed by atoms with E-state index in [2.05, 4.69) is 33.7 Å². The summed E-state index contributed by atoms with van der Waals surface area (Å²) in [4.78, 5) is 26.5. The fourth-order valence-electron chi connectivity index (χ4n) is 2.24. The van der Waals surface area contributed by atoms with Gasteiger partial charge in [-0.25, -0.2) is 0 Å². The summed E-state index contributed by atoms with van der Waals surface area (Å²) >= 11 is 0. The van der Waals surface area contributed by atoms with Gasteiger partial charge >= 0.3 is 0 Å². The van der Waals surface area contributed by atoms with E-state index >= 15 is 0 Å². The first-order valence-electron chi connectivity index (χ1n) is 8.34. The zero-order valence-corrected chi connectivity index (χ0v) is 15.2. The quantitative estimate of drug-likeness (QED) is 0.616. The van der Waals surface area contributed by atoms with Gasteiger partial charge in [-0.3, -0.25) is 9.59 Å². The Kier molecular flexibility index (Phi) is 7.30. The molecule has 0 aliphatic carbocycles. The number of benzene rings is 1. The summed E-state index contributed by atoms with van der Waals surface area (Å²) in [7, 11) is 1.52. The molecule has 0 bridgehead atoms. The minimum atomic E-state index is -0.387. The first-order valence-corrected chi connectivity index (χ1v) is 8.34. The lowest BCUT2D eigenvalue weighted by Gasteiger charge is -2.10. The van der Waals surface area contributed by atoms with Crippen LogP contribution < -0.4 is 20.3 Å². The number of ether oxygens (including phenoxy) is 2. The van der Waals surface area contributed by atoms with Crippen molar-refractivity contribution >= 4 is 5.91 Å². The summed E-state index contributed by atoms with van der Waals surface area (Å²) in [5.41, 5.74) is 0.436. The molecule has 0 fully saturated rings. The van der Waals surface area contributed by atoms with E-state index in [1.165, 1.54) is 7.11 Å². The minimum absolute atomic E-state index is 0.147. The van der Waals surface area contributed by atoms with Gasteiger partial charge in [0.25, 0.3) is 5.56 Å². The van der Waals surface area contributed by atoms with Crippen LogP contribution in [0.15, 0.2) is 48.3 Å². The molecule has 0 aliphatic rings. The molecule has 1 heterocycles. The number of aromatic nitrogens is 3. The summed E-state index contributed by atoms with van der Waals surface area (Å²) in [5.74, 6) is 1.17. The number of rotatable bonds is 10. The second kappa shape index (κ2) is 9.91. The van der Waals surface area contributed by atoms with Crippen LogP contribution in [-0.2, 0) is 11.2 Å². The molecule has 0 spiro atoms. The molecule has 0 saturated carbocycles. The number of aryl methyl sites for hydroxylation is 1. The van der Waals surface area contributed by atoms with E-state index in [0.717, 1.165) is 0 Å². The monoisotopic (exact) mass is 370 g/mol. The first-order chi connectivity index (χ1) is 13.1. The molecule has 142 valence electrons. The Labute approximate surface area is 156 Å². The van der Waals surface area contributed by atoms with Gasteiger partial charge in [-0.1, -0.05) is 18.7 Å². The number of carbonyl (C=O) groups excluding carboxylic acids is 1. The number of nitrogens with zero attached hydrogens (tertiary/aromatic N) is 2. The Bertz CT molecular complexity index is 876. The van der Waals surface area contributed by atoms with Gasteiger partial charge in [0.05, 0.1) is 7.11 Å². The highest BCUT2D eigenvalue weighted by molar-refractivity contribution is 5.76. The van der Waals surface area contributed by atoms with Crippen molar-refractivity contribution in [1.29, 1.82) is 0 Å². The van der Waals surface area contributed by atoms with Crippen molar-refractivity contribution in [2.24, 2.45) is 0 Å². The summed E-state index contributed by atoms with van der Waals surface area (Å²) in [6.07, 6.45) is 3.56. The lowest BCUT2D eigenvalue weighted by atomic mass is 10.2. The normalized spacial score (nSPS) is 10.1. The summed E-state index contributed by atoms with van der Waals surface area (Å²) in [6, 6.07) is 5.15. The van der Waals surface area contributed by atoms with Crippen LogP contribution in [0.25, 0.3) is 11.4 Å². The number of nitrogens with one attached hydrogen (secondary N) is 2. The third kappa shape index (κ3) is 5.53. The smallest absolute Gasteiger partial charge is 0.273 e. The maximum absolute atomic E-state index is 12.2. The number of methoxy groups -OCH3 is 1. The highest BCUT2D eigenvalue weighted by atomic mass is 16.5. The van der Waals surface area contributed by atoms with Crippen LogP contribution in [0.1, 0.15) is 12.1 Å². The first kappa shape index (κ1) is 19.9. The van der Waals surface area contributed by atoms with Crippen LogP contribution in [0.5, 0.6) is 11.5 Å². The number of H-pyrrole nitrogens is 1. The van der Waals surface area contributed by atoms with Crippen LogP contribution in [0.2, 0.25) is 0 Å². The number of amides is 1. The Hall–Kier alpha value is -3.42. The van der Waals surface area contributed by atoms with Crippen LogP contribution in [-0.4, -0.2) is 41.3 Å². The molecule has 1 amide bonds. The molecule has 0 aliphatic heterocycles. The van der Waals surface area contributed by atoms with Crippen molar-refractivity contribution in [3.8, 4) is 22.9 Å². The molecule has 0 radical (unpaired) electrons. The fraction of sp³-hybridized carbons (Fsp3) is 0.263. The second-order valence-corrected chi connectivity index (χ2v) is 5.51. The number of hydrogen-bond acceptors (Lipinski definition) is 6. The molecule has 8 nitrogen and oxygen atoms in total. The van der Waals surface area contributed by atoms with Crippen LogP contribution in [0.3, 0.4) is 0 Å². The molecule has 2 rings (SSSR count). The Morgan fingerprint density at radius 2 is 2.07 bits per heavy atom. The summed E-state index contributed by atoms with van der Waals surface area (Å²) in [5, 5.41) is 10.6. The lowest BCUT2D eigenvalue weighted by Crippen LogP contribution is -2.25. The van der Waals surface area contributed by atoms with Gasteiger partial charge in [-0.15, -0.1) is 16.8 Å². The van der Waals surface area contributed by atoms with Gasteiger partial charge in [-0.05, 0) is 18.2 Å². The molecular formula is C19H22N4O4. The summed E-state index contributed by atoms with van der Waals surface area (Å²) < 4.78 is 10.8. The van der Waals surface area contributed by atoms with Crippen molar-refractivity contribution < 1.29 is 14.3 Å². The van der Waals surface area contributed by atoms with Crippen molar-refractivity contribution in [2.75, 3.05) is 20.3 Å². The van der Waals surface area contributed by atoms with Gasteiger partial charge in [0, 0.05) is 24.9 Å². The predicted octanol–water partition coefficient (Wildman–Crippen LogP) is 1.64. The topological polar surface area (TPSA) is 106 Å². The average Bonchev–Trinajstić information content (AvgIpc) is 2.69. The zero-order valence-electron chi connectivity index (χ0n) is 15.2. The van der Waals surface area contributed by atoms with E-state index in [9.17, 15) is 9.59 Å². The molecule has 2 N–H and O–H groups in total. The van der Waals surface area contributed by atoms with Crippen LogP contribution >= 0.6 is 0 Å². The average molecular weight is 370 g/mol. The number of hydrogen-bond donors (Lipinski definition) is 2. The maximum atomic E-state index is 12.2. The Morgan fingerprint density at radius 3 is 2.74 bits per heavy atom. The number of aromatic amines is 1. The SMILES string of the molecule is C=CCNC(=O)CCc1nnc(-c2ccc(OCC=C)c(OC)c2)[nH]c1=O. The van der Waals surface area contributed by atoms with Gasteiger partial charge in [0.15, 0.2) is 17.3 Å². The molecular weight excluding hydrogens is 348 g/mol. The van der Waals surface area contributed by atoms with Crippen LogP contribution in [0.4, 0.5) is 0 Å². The van der Waals surface area contributed by atoms with Crippen molar-refractivity contribution in [2.45, 2.75) is 12.8 Å². The molecule has 2 aromatic rings.